The third-order valence-corrected chi connectivity index (χ3v) is 17.0. The summed E-state index contributed by atoms with van der Waals surface area (Å²) in [6, 6.07) is 24.4. The summed E-state index contributed by atoms with van der Waals surface area (Å²) in [5, 5.41) is 25.4. The molecule has 0 bridgehead atoms. The number of benzene rings is 4. The first-order valence-electron chi connectivity index (χ1n) is 34.1. The standard InChI is InChI=1S/C44H54F3N3O5.C20H38N6O5S.C12H15NO2/c1-8-32(4)42(54)49(23-21-35-11-17-39(51)18-12-35)27-31(3)26-34(6)43(55)50(24-22-36-13-19-40(52)20-14-36)28-30(2)25-33(5)41(53)48(7)29-37-9-15-38(16-10-37)44(45,46)47;1-3-17(28)24-8-4-5-18(29)26(10-7-22)13-19(30)25(9-6-21)12-16(27)11-15(14-32-2)20(23)31;1-9(2)6-13-7-10-3-4-11-12(5-10)15-8-14-11/h8-20,25-26,32-34,51-52H,1,21-24,27-29H2,2-7H3;15H,3-14,21-22H2,1-2H3,(H2,23,31)(H,24,28);3-5,13H,1,6-8H2,2H3/b30-25+,31-26+;;/t32-,33-,34-;;/m0../s1. The number of thioether (sulfide) groups is 1. The number of halogens is 3. The van der Waals surface area contributed by atoms with Crippen molar-refractivity contribution in [3.8, 4) is 23.0 Å². The molecule has 0 radical (unpaired) electrons. The summed E-state index contributed by atoms with van der Waals surface area (Å²) in [5.74, 6) is -1.75. The number of amides is 7. The molecule has 1 heterocycles. The molecule has 26 heteroatoms. The van der Waals surface area contributed by atoms with E-state index >= 15 is 0 Å². The number of nitrogens with two attached hydrogens (primary N) is 3. The number of hydrogen-bond acceptors (Lipinski definition) is 16. The van der Waals surface area contributed by atoms with Crippen LogP contribution in [-0.2, 0) is 70.5 Å². The Kier molecular flexibility index (Phi) is 39.2. The number of carbonyl (C=O) groups excluding carboxylic acids is 8. The molecular formula is C76H107F3N10O12S. The average molecular weight is 1440 g/mol. The number of ketones is 1. The lowest BCUT2D eigenvalue weighted by atomic mass is 10.0. The highest BCUT2D eigenvalue weighted by Gasteiger charge is 2.31. The molecule has 560 valence electrons. The van der Waals surface area contributed by atoms with Crippen molar-refractivity contribution in [2.75, 3.05) is 104 Å². The first kappa shape index (κ1) is 87.2. The van der Waals surface area contributed by atoms with Crippen LogP contribution in [0.3, 0.4) is 0 Å². The lowest BCUT2D eigenvalue weighted by Crippen LogP contribution is -2.47. The van der Waals surface area contributed by atoms with E-state index in [-0.39, 0.29) is 112 Å². The quantitative estimate of drug-likeness (QED) is 0.0162. The predicted molar refractivity (Wildman–Crippen MR) is 393 cm³/mol. The van der Waals surface area contributed by atoms with Gasteiger partial charge >= 0.3 is 6.18 Å². The molecule has 4 atom stereocenters. The van der Waals surface area contributed by atoms with E-state index in [2.05, 4.69) is 23.8 Å². The maximum atomic E-state index is 14.1. The molecule has 5 rings (SSSR count). The van der Waals surface area contributed by atoms with Crippen molar-refractivity contribution in [2.24, 2.45) is 40.9 Å². The number of carbonyl (C=O) groups is 8. The molecule has 0 saturated carbocycles. The number of ether oxygens (including phenoxy) is 2. The van der Waals surface area contributed by atoms with Crippen LogP contribution in [-0.4, -0.2) is 186 Å². The van der Waals surface area contributed by atoms with Gasteiger partial charge in [-0.05, 0) is 117 Å². The second-order valence-corrected chi connectivity index (χ2v) is 26.3. The van der Waals surface area contributed by atoms with Crippen molar-refractivity contribution in [1.82, 2.24) is 35.1 Å². The van der Waals surface area contributed by atoms with E-state index in [9.17, 15) is 61.7 Å². The number of rotatable bonds is 40. The highest BCUT2D eigenvalue weighted by atomic mass is 32.2. The Morgan fingerprint density at radius 1 is 0.667 bits per heavy atom. The van der Waals surface area contributed by atoms with Gasteiger partial charge in [0, 0.05) is 111 Å². The van der Waals surface area contributed by atoms with Gasteiger partial charge < -0.3 is 72.0 Å². The van der Waals surface area contributed by atoms with E-state index in [1.165, 1.54) is 44.2 Å². The molecule has 4 aromatic rings. The first-order valence-corrected chi connectivity index (χ1v) is 35.5. The minimum Gasteiger partial charge on any atom is -0.508 e. The lowest BCUT2D eigenvalue weighted by Gasteiger charge is -2.28. The largest absolute Gasteiger partial charge is 0.508 e. The Bertz CT molecular complexity index is 3430. The number of alkyl halides is 3. The van der Waals surface area contributed by atoms with Crippen LogP contribution >= 0.6 is 11.8 Å². The van der Waals surface area contributed by atoms with Gasteiger partial charge in [0.25, 0.3) is 0 Å². The van der Waals surface area contributed by atoms with Gasteiger partial charge in [0.1, 0.15) is 11.5 Å². The van der Waals surface area contributed by atoms with Crippen molar-refractivity contribution in [2.45, 2.75) is 106 Å². The number of aromatic hydroxyl groups is 2. The van der Waals surface area contributed by atoms with Gasteiger partial charge in [-0.2, -0.15) is 24.9 Å². The predicted octanol–water partition coefficient (Wildman–Crippen LogP) is 8.58. The molecule has 102 heavy (non-hydrogen) atoms. The van der Waals surface area contributed by atoms with Crippen molar-refractivity contribution in [3.63, 3.8) is 0 Å². The highest BCUT2D eigenvalue weighted by Crippen LogP contribution is 2.33. The average Bonchev–Trinajstić information content (AvgIpc) is 1.37. The Morgan fingerprint density at radius 2 is 1.17 bits per heavy atom. The minimum absolute atomic E-state index is 0.0561. The molecule has 0 fully saturated rings. The number of fused-ring (bicyclic) bond motifs is 1. The van der Waals surface area contributed by atoms with Gasteiger partial charge in [0.15, 0.2) is 17.3 Å². The van der Waals surface area contributed by atoms with Crippen LogP contribution in [0.1, 0.15) is 102 Å². The number of hydrogen-bond donors (Lipinski definition) is 7. The smallest absolute Gasteiger partial charge is 0.416 e. The number of Topliss-reactive ketones (excluding diaryl/α,β-unsaturated/α-hetero) is 1. The van der Waals surface area contributed by atoms with Crippen LogP contribution < -0.4 is 37.3 Å². The zero-order valence-corrected chi connectivity index (χ0v) is 61.5. The zero-order chi connectivity index (χ0) is 76.1. The first-order chi connectivity index (χ1) is 48.3. The summed E-state index contributed by atoms with van der Waals surface area (Å²) < 4.78 is 49.5. The van der Waals surface area contributed by atoms with Gasteiger partial charge in [0.2, 0.25) is 48.1 Å². The SMILES string of the molecule is C=C(C)CNCc1ccc2c(c1)OCO2.C=C[C@H](C)C(=O)N(CCc1ccc(O)cc1)C/C(C)=C/[C@H](C)C(=O)N(CCc1ccc(O)cc1)C/C(C)=C/[C@H](C)C(=O)N(C)Cc1ccc(C(F)(F)F)cc1.CCC(=O)NCCCC(=O)N(CCN)CC(=O)N(CCN)CC(=O)CC(CSC)C(N)=O. The Morgan fingerprint density at radius 3 is 1.66 bits per heavy atom. The maximum Gasteiger partial charge on any atom is 0.416 e. The van der Waals surface area contributed by atoms with E-state index in [0.717, 1.165) is 64.6 Å². The van der Waals surface area contributed by atoms with Crippen LogP contribution in [0.15, 0.2) is 139 Å². The zero-order valence-electron chi connectivity index (χ0n) is 60.7. The molecule has 7 amide bonds. The Labute approximate surface area is 603 Å². The molecule has 4 aromatic carbocycles. The molecule has 0 aromatic heterocycles. The number of primary amides is 1. The highest BCUT2D eigenvalue weighted by molar-refractivity contribution is 7.98. The van der Waals surface area contributed by atoms with E-state index in [1.807, 2.05) is 70.4 Å². The number of phenols is 2. The number of phenolic OH excluding ortho intramolecular Hbond substituents is 2. The topological polar surface area (TPSA) is 314 Å². The summed E-state index contributed by atoms with van der Waals surface area (Å²) in [7, 11) is 1.60. The third-order valence-electron chi connectivity index (χ3n) is 16.2. The van der Waals surface area contributed by atoms with Crippen molar-refractivity contribution in [3.05, 3.63) is 167 Å². The summed E-state index contributed by atoms with van der Waals surface area (Å²) in [6.07, 6.45) is 4.67. The van der Waals surface area contributed by atoms with E-state index in [1.54, 1.807) is 86.2 Å². The molecule has 1 unspecified atom stereocenters. The molecule has 10 N–H and O–H groups in total. The molecule has 1 aliphatic rings. The minimum atomic E-state index is -4.44. The summed E-state index contributed by atoms with van der Waals surface area (Å²) in [4.78, 5) is 109. The van der Waals surface area contributed by atoms with Gasteiger partial charge in [-0.3, -0.25) is 38.4 Å². The van der Waals surface area contributed by atoms with Gasteiger partial charge in [-0.25, -0.2) is 0 Å². The molecule has 0 spiro atoms. The van der Waals surface area contributed by atoms with Crippen LogP contribution in [0.25, 0.3) is 0 Å². The van der Waals surface area contributed by atoms with Crippen LogP contribution in [0.4, 0.5) is 13.2 Å². The lowest BCUT2D eigenvalue weighted by molar-refractivity contribution is -0.142. The van der Waals surface area contributed by atoms with Crippen LogP contribution in [0.5, 0.6) is 23.0 Å². The monoisotopic (exact) mass is 1440 g/mol. The molecule has 0 aliphatic carbocycles. The molecular weight excluding hydrogens is 1330 g/mol. The maximum absolute atomic E-state index is 14.1. The van der Waals surface area contributed by atoms with Crippen molar-refractivity contribution in [1.29, 1.82) is 0 Å². The summed E-state index contributed by atoms with van der Waals surface area (Å²) in [5.41, 5.74) is 22.2. The van der Waals surface area contributed by atoms with Crippen molar-refractivity contribution < 1.29 is 71.2 Å². The van der Waals surface area contributed by atoms with Crippen molar-refractivity contribution >= 4 is 58.9 Å². The Balaban J connectivity index is 0.000000478. The van der Waals surface area contributed by atoms with E-state index in [4.69, 9.17) is 26.7 Å². The van der Waals surface area contributed by atoms with E-state index < -0.39 is 47.2 Å². The molecule has 1 aliphatic heterocycles. The van der Waals surface area contributed by atoms with Gasteiger partial charge in [0.05, 0.1) is 42.3 Å². The van der Waals surface area contributed by atoms with Crippen LogP contribution in [0, 0.1) is 23.7 Å². The summed E-state index contributed by atoms with van der Waals surface area (Å²) in [6.45, 7) is 24.6. The fourth-order valence-corrected chi connectivity index (χ4v) is 11.3. The number of nitrogens with one attached hydrogen (secondary N) is 2. The fourth-order valence-electron chi connectivity index (χ4n) is 10.6. The normalized spacial score (nSPS) is 12.9. The van der Waals surface area contributed by atoms with Gasteiger partial charge in [-0.15, -0.1) is 6.58 Å². The Hall–Kier alpha value is -8.98. The summed E-state index contributed by atoms with van der Waals surface area (Å²) >= 11 is 1.41. The third kappa shape index (κ3) is 32.8. The number of nitrogens with zero attached hydrogens (tertiary/aromatic N) is 5. The molecule has 22 nitrogen and oxygen atoms in total. The second-order valence-electron chi connectivity index (χ2n) is 25.4. The van der Waals surface area contributed by atoms with Crippen LogP contribution in [0.2, 0.25) is 0 Å². The van der Waals surface area contributed by atoms with Gasteiger partial charge in [-0.1, -0.05) is 112 Å². The molecule has 0 saturated heterocycles. The second kappa shape index (κ2) is 45.8. The fraction of sp³-hybridized carbons (Fsp3) is 0.474. The van der Waals surface area contributed by atoms with E-state index in [0.29, 0.717) is 70.0 Å².